The van der Waals surface area contributed by atoms with Gasteiger partial charge < -0.3 is 9.30 Å². The Balaban J connectivity index is 2.08. The lowest BCUT2D eigenvalue weighted by atomic mass is 10.3. The number of H-pyrrole nitrogens is 1. The van der Waals surface area contributed by atoms with Crippen LogP contribution < -0.4 is 4.74 Å². The first kappa shape index (κ1) is 11.2. The number of benzene rings is 1. The minimum Gasteiger partial charge on any atom is -0.486 e. The van der Waals surface area contributed by atoms with Crippen LogP contribution in [-0.2, 0) is 13.7 Å². The molecule has 0 aliphatic carbocycles. The van der Waals surface area contributed by atoms with Gasteiger partial charge in [0, 0.05) is 12.1 Å². The fraction of sp³-hybridized carbons (Fsp3) is 0.200. The van der Waals surface area contributed by atoms with E-state index in [0.717, 1.165) is 5.82 Å². The van der Waals surface area contributed by atoms with E-state index >= 15 is 0 Å². The van der Waals surface area contributed by atoms with Crippen molar-refractivity contribution in [1.82, 2.24) is 14.8 Å². The fourth-order valence-electron chi connectivity index (χ4n) is 1.21. The molecule has 4 nitrogen and oxygen atoms in total. The molecule has 6 heteroatoms. The third kappa shape index (κ3) is 2.43. The molecule has 0 saturated carbocycles. The van der Waals surface area contributed by atoms with Crippen LogP contribution in [0.3, 0.4) is 0 Å². The third-order valence-corrected chi connectivity index (χ3v) is 2.74. The highest BCUT2D eigenvalue weighted by atomic mass is 35.5. The molecule has 0 fully saturated rings. The molecule has 0 aliphatic heterocycles. The van der Waals surface area contributed by atoms with Crippen LogP contribution in [0, 0.1) is 4.77 Å². The molecule has 0 bridgehead atoms. The van der Waals surface area contributed by atoms with Crippen molar-refractivity contribution < 1.29 is 4.74 Å². The van der Waals surface area contributed by atoms with Crippen molar-refractivity contribution in [3.05, 3.63) is 39.9 Å². The summed E-state index contributed by atoms with van der Waals surface area (Å²) in [5.74, 6) is 1.45. The van der Waals surface area contributed by atoms with Gasteiger partial charge in [-0.25, -0.2) is 0 Å². The Bertz CT molecular complexity index is 549. The summed E-state index contributed by atoms with van der Waals surface area (Å²) < 4.78 is 7.87. The van der Waals surface area contributed by atoms with Gasteiger partial charge in [-0.3, -0.25) is 5.10 Å². The molecule has 0 aliphatic rings. The lowest BCUT2D eigenvalue weighted by Gasteiger charge is -2.05. The van der Waals surface area contributed by atoms with Crippen molar-refractivity contribution in [3.63, 3.8) is 0 Å². The minimum atomic E-state index is 0.351. The summed E-state index contributed by atoms with van der Waals surface area (Å²) in [6.07, 6.45) is 0. The number of aromatic amines is 1. The van der Waals surface area contributed by atoms with Gasteiger partial charge in [-0.15, -0.1) is 0 Å². The van der Waals surface area contributed by atoms with Crippen molar-refractivity contribution >= 4 is 23.8 Å². The maximum atomic E-state index is 5.84. The second-order valence-electron chi connectivity index (χ2n) is 3.25. The average molecular weight is 256 g/mol. The van der Waals surface area contributed by atoms with E-state index in [2.05, 4.69) is 10.2 Å². The van der Waals surface area contributed by atoms with E-state index in [1.165, 1.54) is 0 Å². The van der Waals surface area contributed by atoms with Crippen molar-refractivity contribution in [2.24, 2.45) is 7.05 Å². The highest BCUT2D eigenvalue weighted by Gasteiger charge is 2.03. The first-order valence-corrected chi connectivity index (χ1v) is 5.44. The van der Waals surface area contributed by atoms with E-state index in [-0.39, 0.29) is 0 Å². The zero-order valence-corrected chi connectivity index (χ0v) is 10.2. The standard InChI is InChI=1S/C10H10ClN3OS/c1-14-9(12-13-10(14)16)6-15-8-4-2-3-7(11)5-8/h2-5H,6H2,1H3,(H,13,16). The maximum Gasteiger partial charge on any atom is 0.194 e. The van der Waals surface area contributed by atoms with Crippen molar-refractivity contribution in [3.8, 4) is 5.75 Å². The van der Waals surface area contributed by atoms with Gasteiger partial charge in [0.05, 0.1) is 0 Å². The van der Waals surface area contributed by atoms with Crippen molar-refractivity contribution in [1.29, 1.82) is 0 Å². The Hall–Kier alpha value is -1.33. The molecule has 0 amide bonds. The van der Waals surface area contributed by atoms with Crippen molar-refractivity contribution in [2.75, 3.05) is 0 Å². The van der Waals surface area contributed by atoms with Gasteiger partial charge in [-0.2, -0.15) is 5.10 Å². The summed E-state index contributed by atoms with van der Waals surface area (Å²) in [6, 6.07) is 7.22. The topological polar surface area (TPSA) is 42.8 Å². The molecule has 0 unspecified atom stereocenters. The summed E-state index contributed by atoms with van der Waals surface area (Å²) in [5, 5.41) is 7.38. The number of nitrogens with one attached hydrogen (secondary N) is 1. The van der Waals surface area contributed by atoms with Crippen LogP contribution in [0.2, 0.25) is 5.02 Å². The molecule has 0 radical (unpaired) electrons. The van der Waals surface area contributed by atoms with Gasteiger partial charge in [0.25, 0.3) is 0 Å². The molecular formula is C10H10ClN3OS. The van der Waals surface area contributed by atoms with Gasteiger partial charge in [0.2, 0.25) is 0 Å². The minimum absolute atomic E-state index is 0.351. The molecule has 0 spiro atoms. The predicted molar refractivity (Wildman–Crippen MR) is 64.2 cm³/mol. The van der Waals surface area contributed by atoms with Gasteiger partial charge in [0.1, 0.15) is 12.4 Å². The second kappa shape index (κ2) is 4.67. The monoisotopic (exact) mass is 255 g/mol. The normalized spacial score (nSPS) is 10.4. The maximum absolute atomic E-state index is 5.84. The van der Waals surface area contributed by atoms with Crippen molar-refractivity contribution in [2.45, 2.75) is 6.61 Å². The van der Waals surface area contributed by atoms with Crippen LogP contribution in [0.25, 0.3) is 0 Å². The number of ether oxygens (including phenoxy) is 1. The Morgan fingerprint density at radius 3 is 3.00 bits per heavy atom. The number of rotatable bonds is 3. The SMILES string of the molecule is Cn1c(COc2cccc(Cl)c2)n[nH]c1=S. The number of hydrogen-bond acceptors (Lipinski definition) is 3. The summed E-state index contributed by atoms with van der Waals surface area (Å²) >= 11 is 10.8. The summed E-state index contributed by atoms with van der Waals surface area (Å²) in [5.41, 5.74) is 0. The van der Waals surface area contributed by atoms with E-state index in [9.17, 15) is 0 Å². The fourth-order valence-corrected chi connectivity index (χ4v) is 1.54. The average Bonchev–Trinajstić information content (AvgIpc) is 2.57. The molecule has 2 rings (SSSR count). The quantitative estimate of drug-likeness (QED) is 0.858. The van der Waals surface area contributed by atoms with Crippen LogP contribution in [0.4, 0.5) is 0 Å². The predicted octanol–water partition coefficient (Wildman–Crippen LogP) is 2.71. The van der Waals surface area contributed by atoms with Crippen LogP contribution in [-0.4, -0.2) is 14.8 Å². The van der Waals surface area contributed by atoms with Gasteiger partial charge >= 0.3 is 0 Å². The molecular weight excluding hydrogens is 246 g/mol. The summed E-state index contributed by atoms with van der Waals surface area (Å²) in [6.45, 7) is 0.351. The molecule has 1 aromatic heterocycles. The Morgan fingerprint density at radius 2 is 2.38 bits per heavy atom. The first-order valence-electron chi connectivity index (χ1n) is 4.65. The Kier molecular flexibility index (Phi) is 3.26. The molecule has 0 atom stereocenters. The van der Waals surface area contributed by atoms with Crippen LogP contribution in [0.15, 0.2) is 24.3 Å². The second-order valence-corrected chi connectivity index (χ2v) is 4.07. The molecule has 2 aromatic rings. The lowest BCUT2D eigenvalue weighted by Crippen LogP contribution is -2.03. The molecule has 1 N–H and O–H groups in total. The van der Waals surface area contributed by atoms with E-state index in [1.54, 1.807) is 16.7 Å². The van der Waals surface area contributed by atoms with E-state index in [4.69, 9.17) is 28.6 Å². The van der Waals surface area contributed by atoms with Crippen LogP contribution >= 0.6 is 23.8 Å². The number of nitrogens with zero attached hydrogens (tertiary/aromatic N) is 2. The highest BCUT2D eigenvalue weighted by molar-refractivity contribution is 7.71. The smallest absolute Gasteiger partial charge is 0.194 e. The van der Waals surface area contributed by atoms with E-state index < -0.39 is 0 Å². The molecule has 1 heterocycles. The van der Waals surface area contributed by atoms with Gasteiger partial charge in [-0.1, -0.05) is 17.7 Å². The number of halogens is 1. The molecule has 84 valence electrons. The number of aromatic nitrogens is 3. The Labute approximate surface area is 103 Å². The molecule has 16 heavy (non-hydrogen) atoms. The summed E-state index contributed by atoms with van der Waals surface area (Å²) in [7, 11) is 1.84. The molecule has 1 aromatic carbocycles. The molecule has 0 saturated heterocycles. The Morgan fingerprint density at radius 1 is 1.56 bits per heavy atom. The van der Waals surface area contributed by atoms with E-state index in [1.807, 2.05) is 19.2 Å². The van der Waals surface area contributed by atoms with E-state index in [0.29, 0.717) is 22.2 Å². The lowest BCUT2D eigenvalue weighted by molar-refractivity contribution is 0.291. The van der Waals surface area contributed by atoms with Crippen LogP contribution in [0.1, 0.15) is 5.82 Å². The third-order valence-electron chi connectivity index (χ3n) is 2.14. The number of hydrogen-bond donors (Lipinski definition) is 1. The van der Waals surface area contributed by atoms with Crippen LogP contribution in [0.5, 0.6) is 5.75 Å². The highest BCUT2D eigenvalue weighted by Crippen LogP contribution is 2.17. The summed E-state index contributed by atoms with van der Waals surface area (Å²) in [4.78, 5) is 0. The largest absolute Gasteiger partial charge is 0.486 e. The van der Waals surface area contributed by atoms with Gasteiger partial charge in [0.15, 0.2) is 10.6 Å². The zero-order chi connectivity index (χ0) is 11.5. The zero-order valence-electron chi connectivity index (χ0n) is 8.61. The first-order chi connectivity index (χ1) is 7.66. The van der Waals surface area contributed by atoms with Gasteiger partial charge in [-0.05, 0) is 30.4 Å².